The molecule has 2 unspecified atom stereocenters. The van der Waals surface area contributed by atoms with E-state index in [1.165, 1.54) is 4.68 Å². The van der Waals surface area contributed by atoms with Gasteiger partial charge in [0.15, 0.2) is 5.69 Å². The van der Waals surface area contributed by atoms with Crippen molar-refractivity contribution >= 4 is 22.6 Å². The van der Waals surface area contributed by atoms with Crippen molar-refractivity contribution in [3.8, 4) is 0 Å². The molecule has 2 N–H and O–H groups in total. The van der Waals surface area contributed by atoms with Crippen molar-refractivity contribution in [1.82, 2.24) is 15.1 Å². The number of carbonyl (C=O) groups is 2. The molecule has 0 bridgehead atoms. The molecule has 2 aromatic carbocycles. The van der Waals surface area contributed by atoms with Crippen LogP contribution in [0.4, 0.5) is 0 Å². The molecule has 4 rings (SSSR count). The van der Waals surface area contributed by atoms with Gasteiger partial charge >= 0.3 is 5.97 Å². The predicted octanol–water partition coefficient (Wildman–Crippen LogP) is 3.21. The second-order valence-electron chi connectivity index (χ2n) is 8.35. The highest BCUT2D eigenvalue weighted by molar-refractivity contribution is 6.05. The van der Waals surface area contributed by atoms with E-state index in [0.717, 1.165) is 18.4 Å². The second kappa shape index (κ2) is 8.34. The summed E-state index contributed by atoms with van der Waals surface area (Å²) in [5.74, 6) is -2.03. The first-order chi connectivity index (χ1) is 14.9. The number of nitrogens with zero attached hydrogens (tertiary/aromatic N) is 2. The Balaban J connectivity index is 1.75. The van der Waals surface area contributed by atoms with E-state index in [0.29, 0.717) is 23.6 Å². The lowest BCUT2D eigenvalue weighted by atomic mass is 9.74. The summed E-state index contributed by atoms with van der Waals surface area (Å²) in [5.41, 5.74) is -0.126. The molecule has 7 heteroatoms. The van der Waals surface area contributed by atoms with Gasteiger partial charge in [-0.3, -0.25) is 14.4 Å². The summed E-state index contributed by atoms with van der Waals surface area (Å²) < 4.78 is 1.30. The van der Waals surface area contributed by atoms with Crippen LogP contribution in [0.5, 0.6) is 0 Å². The smallest absolute Gasteiger partial charge is 0.308 e. The lowest BCUT2D eigenvalue weighted by Crippen LogP contribution is -2.55. The van der Waals surface area contributed by atoms with Gasteiger partial charge in [-0.25, -0.2) is 4.68 Å². The van der Waals surface area contributed by atoms with Gasteiger partial charge in [0.25, 0.3) is 11.5 Å². The summed E-state index contributed by atoms with van der Waals surface area (Å²) in [7, 11) is 0. The summed E-state index contributed by atoms with van der Waals surface area (Å²) in [4.78, 5) is 38.1. The van der Waals surface area contributed by atoms with Crippen LogP contribution in [0.3, 0.4) is 0 Å². The predicted molar refractivity (Wildman–Crippen MR) is 117 cm³/mol. The topological polar surface area (TPSA) is 101 Å². The number of amides is 1. The van der Waals surface area contributed by atoms with Crippen molar-refractivity contribution in [2.45, 2.75) is 44.7 Å². The summed E-state index contributed by atoms with van der Waals surface area (Å²) in [6, 6.07) is 16.3. The molecule has 1 aliphatic rings. The molecule has 1 heterocycles. The Bertz CT molecular complexity index is 1190. The van der Waals surface area contributed by atoms with Gasteiger partial charge in [-0.2, -0.15) is 5.10 Å². The molecular weight excluding hydrogens is 394 g/mol. The van der Waals surface area contributed by atoms with E-state index < -0.39 is 23.3 Å². The molecule has 1 aromatic heterocycles. The number of hydrogen-bond donors (Lipinski definition) is 2. The van der Waals surface area contributed by atoms with Crippen molar-refractivity contribution in [2.75, 3.05) is 0 Å². The van der Waals surface area contributed by atoms with Gasteiger partial charge in [0.05, 0.1) is 23.4 Å². The summed E-state index contributed by atoms with van der Waals surface area (Å²) in [6.45, 7) is 2.02. The van der Waals surface area contributed by atoms with Crippen LogP contribution < -0.4 is 10.9 Å². The van der Waals surface area contributed by atoms with E-state index in [4.69, 9.17) is 0 Å². The SMILES string of the molecule is CC1(NC(=O)c2nn(Cc3ccccc3)c(=O)c3ccccc23)CCCCC1C(=O)O. The lowest BCUT2D eigenvalue weighted by Gasteiger charge is -2.39. The Kier molecular flexibility index (Phi) is 5.59. The van der Waals surface area contributed by atoms with Gasteiger partial charge < -0.3 is 10.4 Å². The van der Waals surface area contributed by atoms with E-state index >= 15 is 0 Å². The molecule has 0 spiro atoms. The van der Waals surface area contributed by atoms with Crippen LogP contribution in [0.1, 0.15) is 48.7 Å². The normalized spacial score (nSPS) is 21.0. The van der Waals surface area contributed by atoms with Crippen LogP contribution in [0.2, 0.25) is 0 Å². The van der Waals surface area contributed by atoms with E-state index in [9.17, 15) is 19.5 Å². The third-order valence-corrected chi connectivity index (χ3v) is 6.16. The van der Waals surface area contributed by atoms with Gasteiger partial charge in [-0.15, -0.1) is 0 Å². The number of aliphatic carboxylic acids is 1. The molecule has 0 radical (unpaired) electrons. The Morgan fingerprint density at radius 1 is 1.10 bits per heavy atom. The van der Waals surface area contributed by atoms with Crippen LogP contribution in [-0.2, 0) is 11.3 Å². The van der Waals surface area contributed by atoms with Crippen LogP contribution in [0.15, 0.2) is 59.4 Å². The largest absolute Gasteiger partial charge is 0.481 e. The molecule has 1 amide bonds. The van der Waals surface area contributed by atoms with Crippen LogP contribution in [0.25, 0.3) is 10.8 Å². The average molecular weight is 419 g/mol. The minimum absolute atomic E-state index is 0.127. The molecule has 1 saturated carbocycles. The molecule has 1 fully saturated rings. The lowest BCUT2D eigenvalue weighted by molar-refractivity contribution is -0.145. The fraction of sp³-hybridized carbons (Fsp3) is 0.333. The maximum atomic E-state index is 13.3. The van der Waals surface area contributed by atoms with Gasteiger partial charge in [0.2, 0.25) is 0 Å². The number of nitrogens with one attached hydrogen (secondary N) is 1. The fourth-order valence-electron chi connectivity index (χ4n) is 4.46. The maximum Gasteiger partial charge on any atom is 0.308 e. The highest BCUT2D eigenvalue weighted by atomic mass is 16.4. The van der Waals surface area contributed by atoms with Crippen LogP contribution in [0, 0.1) is 5.92 Å². The van der Waals surface area contributed by atoms with E-state index in [-0.39, 0.29) is 17.8 Å². The van der Waals surface area contributed by atoms with E-state index in [1.807, 2.05) is 30.3 Å². The summed E-state index contributed by atoms with van der Waals surface area (Å²) >= 11 is 0. The van der Waals surface area contributed by atoms with E-state index in [2.05, 4.69) is 10.4 Å². The zero-order chi connectivity index (χ0) is 22.0. The highest BCUT2D eigenvalue weighted by Gasteiger charge is 2.42. The molecular formula is C24H25N3O4. The molecule has 1 aliphatic carbocycles. The van der Waals surface area contributed by atoms with Crippen molar-refractivity contribution in [3.63, 3.8) is 0 Å². The molecule has 3 aromatic rings. The van der Waals surface area contributed by atoms with Gasteiger partial charge in [0, 0.05) is 5.39 Å². The van der Waals surface area contributed by atoms with E-state index in [1.54, 1.807) is 31.2 Å². The Hall–Kier alpha value is -3.48. The zero-order valence-corrected chi connectivity index (χ0v) is 17.4. The maximum absolute atomic E-state index is 13.3. The average Bonchev–Trinajstić information content (AvgIpc) is 2.76. The molecule has 160 valence electrons. The van der Waals surface area contributed by atoms with Crippen molar-refractivity contribution in [2.24, 2.45) is 5.92 Å². The summed E-state index contributed by atoms with van der Waals surface area (Å²) in [5, 5.41) is 17.9. The minimum Gasteiger partial charge on any atom is -0.481 e. The van der Waals surface area contributed by atoms with Crippen LogP contribution >= 0.6 is 0 Å². The quantitative estimate of drug-likeness (QED) is 0.661. The number of carboxylic acids is 1. The number of rotatable bonds is 5. The first-order valence-electron chi connectivity index (χ1n) is 10.5. The van der Waals surface area contributed by atoms with Crippen molar-refractivity contribution < 1.29 is 14.7 Å². The molecule has 0 saturated heterocycles. The van der Waals surface area contributed by atoms with Crippen molar-refractivity contribution in [3.05, 3.63) is 76.2 Å². The Morgan fingerprint density at radius 2 is 1.77 bits per heavy atom. The standard InChI is InChI=1S/C24H25N3O4/c1-24(14-8-7-13-19(24)23(30)31)25-21(28)20-17-11-5-6-12-18(17)22(29)27(26-20)15-16-9-3-2-4-10-16/h2-6,9-12,19H,7-8,13-15H2,1H3,(H,25,28)(H,30,31). The first-order valence-corrected chi connectivity index (χ1v) is 10.5. The number of benzene rings is 2. The third kappa shape index (κ3) is 4.08. The molecule has 31 heavy (non-hydrogen) atoms. The number of aromatic nitrogens is 2. The first kappa shape index (κ1) is 20.8. The molecule has 2 atom stereocenters. The number of carboxylic acid groups (broad SMARTS) is 1. The monoisotopic (exact) mass is 419 g/mol. The minimum atomic E-state index is -0.908. The van der Waals surface area contributed by atoms with Gasteiger partial charge in [0.1, 0.15) is 0 Å². The number of carbonyl (C=O) groups excluding carboxylic acids is 1. The second-order valence-corrected chi connectivity index (χ2v) is 8.35. The Labute approximate surface area is 179 Å². The van der Waals surface area contributed by atoms with Gasteiger partial charge in [-0.1, -0.05) is 61.4 Å². The molecule has 0 aliphatic heterocycles. The third-order valence-electron chi connectivity index (χ3n) is 6.16. The number of hydrogen-bond acceptors (Lipinski definition) is 4. The highest BCUT2D eigenvalue weighted by Crippen LogP contribution is 2.34. The zero-order valence-electron chi connectivity index (χ0n) is 17.4. The van der Waals surface area contributed by atoms with Gasteiger partial charge in [-0.05, 0) is 31.4 Å². The van der Waals surface area contributed by atoms with Crippen LogP contribution in [-0.4, -0.2) is 32.3 Å². The van der Waals surface area contributed by atoms with Crippen molar-refractivity contribution in [1.29, 1.82) is 0 Å². The fourth-order valence-corrected chi connectivity index (χ4v) is 4.46. The molecule has 7 nitrogen and oxygen atoms in total. The summed E-state index contributed by atoms with van der Waals surface area (Å²) in [6.07, 6.45) is 2.78. The number of fused-ring (bicyclic) bond motifs is 1. The Morgan fingerprint density at radius 3 is 2.48 bits per heavy atom.